The number of carbonyl (C=O) groups is 2. The smallest absolute Gasteiger partial charge is 0.321 e. The van der Waals surface area contributed by atoms with Crippen molar-refractivity contribution in [2.45, 2.75) is 38.5 Å². The Labute approximate surface area is 218 Å². The first-order valence-corrected chi connectivity index (χ1v) is 13.5. The number of rotatable bonds is 3. The van der Waals surface area contributed by atoms with Crippen molar-refractivity contribution < 1.29 is 14.3 Å². The number of benzene rings is 3. The Morgan fingerprint density at radius 2 is 1.65 bits per heavy atom. The normalized spacial score (nSPS) is 20.6. The SMILES string of the molecule is COc1cccc2c1CC(C(=O)N1CCC3(CCN(C(=O)Nc4cccc5ccccc45)CC3)C1)CC2. The molecule has 1 atom stereocenters. The van der Waals surface area contributed by atoms with Gasteiger partial charge in [-0.2, -0.15) is 0 Å². The summed E-state index contributed by atoms with van der Waals surface area (Å²) in [6.45, 7) is 3.11. The van der Waals surface area contributed by atoms with Crippen molar-refractivity contribution in [3.05, 3.63) is 71.8 Å². The number of piperidine rings is 1. The van der Waals surface area contributed by atoms with Crippen LogP contribution in [0.4, 0.5) is 10.5 Å². The minimum atomic E-state index is -0.0352. The number of nitrogens with zero attached hydrogens (tertiary/aromatic N) is 2. The summed E-state index contributed by atoms with van der Waals surface area (Å²) >= 11 is 0. The summed E-state index contributed by atoms with van der Waals surface area (Å²) in [5.74, 6) is 1.23. The van der Waals surface area contributed by atoms with E-state index < -0.39 is 0 Å². The van der Waals surface area contributed by atoms with E-state index in [1.165, 1.54) is 11.1 Å². The third-order valence-electron chi connectivity index (χ3n) is 8.90. The molecule has 1 unspecified atom stereocenters. The van der Waals surface area contributed by atoms with E-state index in [0.717, 1.165) is 86.9 Å². The van der Waals surface area contributed by atoms with Crippen LogP contribution in [0.1, 0.15) is 36.8 Å². The minimum Gasteiger partial charge on any atom is -0.496 e. The highest BCUT2D eigenvalue weighted by Gasteiger charge is 2.44. The summed E-state index contributed by atoms with van der Waals surface area (Å²) in [7, 11) is 1.71. The lowest BCUT2D eigenvalue weighted by Crippen LogP contribution is -2.46. The maximum absolute atomic E-state index is 13.5. The van der Waals surface area contributed by atoms with Crippen LogP contribution in [0, 0.1) is 11.3 Å². The van der Waals surface area contributed by atoms with E-state index in [1.807, 2.05) is 47.4 Å². The molecule has 0 aromatic heterocycles. The molecule has 6 heteroatoms. The molecule has 3 aromatic carbocycles. The van der Waals surface area contributed by atoms with Crippen molar-refractivity contribution in [3.8, 4) is 5.75 Å². The summed E-state index contributed by atoms with van der Waals surface area (Å²) in [6.07, 6.45) is 5.53. The van der Waals surface area contributed by atoms with Gasteiger partial charge in [-0.05, 0) is 72.6 Å². The van der Waals surface area contributed by atoms with Crippen LogP contribution in [-0.2, 0) is 17.6 Å². The van der Waals surface area contributed by atoms with Gasteiger partial charge >= 0.3 is 6.03 Å². The van der Waals surface area contributed by atoms with Crippen molar-refractivity contribution >= 4 is 28.4 Å². The second kappa shape index (κ2) is 9.73. The molecular formula is C31H35N3O3. The van der Waals surface area contributed by atoms with Crippen LogP contribution in [0.15, 0.2) is 60.7 Å². The van der Waals surface area contributed by atoms with Gasteiger partial charge in [0, 0.05) is 37.5 Å². The molecule has 6 rings (SSSR count). The first-order chi connectivity index (χ1) is 18.0. The number of ether oxygens (including phenoxy) is 1. The molecule has 37 heavy (non-hydrogen) atoms. The molecule has 0 saturated carbocycles. The number of carbonyl (C=O) groups excluding carboxylic acids is 2. The summed E-state index contributed by atoms with van der Waals surface area (Å²) in [4.78, 5) is 30.7. The molecular weight excluding hydrogens is 462 g/mol. The fourth-order valence-electron chi connectivity index (χ4n) is 6.66. The third kappa shape index (κ3) is 4.54. The van der Waals surface area contributed by atoms with Crippen molar-refractivity contribution in [3.63, 3.8) is 0 Å². The number of amides is 3. The van der Waals surface area contributed by atoms with E-state index in [4.69, 9.17) is 4.74 Å². The highest BCUT2D eigenvalue weighted by Crippen LogP contribution is 2.42. The molecule has 2 heterocycles. The molecule has 0 bridgehead atoms. The van der Waals surface area contributed by atoms with Crippen LogP contribution in [0.2, 0.25) is 0 Å². The number of fused-ring (bicyclic) bond motifs is 2. The van der Waals surface area contributed by atoms with Gasteiger partial charge in [-0.25, -0.2) is 4.79 Å². The Balaban J connectivity index is 1.06. The van der Waals surface area contributed by atoms with Gasteiger partial charge in [0.2, 0.25) is 5.91 Å². The number of urea groups is 1. The molecule has 192 valence electrons. The average Bonchev–Trinajstić information content (AvgIpc) is 3.35. The van der Waals surface area contributed by atoms with Gasteiger partial charge in [-0.15, -0.1) is 0 Å². The monoisotopic (exact) mass is 497 g/mol. The lowest BCUT2D eigenvalue weighted by molar-refractivity contribution is -0.135. The molecule has 0 radical (unpaired) electrons. The van der Waals surface area contributed by atoms with Crippen LogP contribution in [0.5, 0.6) is 5.75 Å². The largest absolute Gasteiger partial charge is 0.496 e. The standard InChI is InChI=1S/C31H35N3O3/c1-37-28-11-5-8-23-12-13-24(20-26(23)28)29(35)34-19-16-31(21-34)14-17-33(18-15-31)30(36)32-27-10-4-7-22-6-2-3-9-25(22)27/h2-11,24H,12-21H2,1H3,(H,32,36). The molecule has 3 aromatic rings. The zero-order valence-electron chi connectivity index (χ0n) is 21.5. The maximum Gasteiger partial charge on any atom is 0.321 e. The molecule has 3 amide bonds. The molecule has 3 aliphatic rings. The predicted octanol–water partition coefficient (Wildman–Crippen LogP) is 5.50. The molecule has 1 spiro atoms. The fourth-order valence-corrected chi connectivity index (χ4v) is 6.66. The van der Waals surface area contributed by atoms with Crippen LogP contribution in [-0.4, -0.2) is 55.0 Å². The second-order valence-electron chi connectivity index (χ2n) is 11.0. The van der Waals surface area contributed by atoms with Gasteiger partial charge in [0.05, 0.1) is 12.8 Å². The van der Waals surface area contributed by atoms with E-state index in [-0.39, 0.29) is 17.4 Å². The number of hydrogen-bond acceptors (Lipinski definition) is 3. The molecule has 2 saturated heterocycles. The number of methoxy groups -OCH3 is 1. The summed E-state index contributed by atoms with van der Waals surface area (Å²) in [6, 6.07) is 20.3. The number of anilines is 1. The minimum absolute atomic E-state index is 0.0329. The van der Waals surface area contributed by atoms with Crippen molar-refractivity contribution in [1.82, 2.24) is 9.80 Å². The molecule has 6 nitrogen and oxygen atoms in total. The predicted molar refractivity (Wildman–Crippen MR) is 146 cm³/mol. The number of aryl methyl sites for hydroxylation is 1. The number of nitrogens with one attached hydrogen (secondary N) is 1. The van der Waals surface area contributed by atoms with Gasteiger partial charge in [0.1, 0.15) is 5.75 Å². The highest BCUT2D eigenvalue weighted by atomic mass is 16.5. The van der Waals surface area contributed by atoms with E-state index in [2.05, 4.69) is 28.4 Å². The number of likely N-dealkylation sites (tertiary alicyclic amines) is 2. The van der Waals surface area contributed by atoms with Gasteiger partial charge in [-0.3, -0.25) is 4.79 Å². The lowest BCUT2D eigenvalue weighted by atomic mass is 9.77. The third-order valence-corrected chi connectivity index (χ3v) is 8.90. The van der Waals surface area contributed by atoms with E-state index >= 15 is 0 Å². The van der Waals surface area contributed by atoms with Gasteiger partial charge in [0.25, 0.3) is 0 Å². The van der Waals surface area contributed by atoms with Gasteiger partial charge in [-0.1, -0.05) is 48.5 Å². The second-order valence-corrected chi connectivity index (χ2v) is 11.0. The fraction of sp³-hybridized carbons (Fsp3) is 0.419. The Morgan fingerprint density at radius 1 is 0.919 bits per heavy atom. The molecule has 1 N–H and O–H groups in total. The first kappa shape index (κ1) is 23.8. The number of hydrogen-bond donors (Lipinski definition) is 1. The van der Waals surface area contributed by atoms with Crippen LogP contribution in [0.25, 0.3) is 10.8 Å². The lowest BCUT2D eigenvalue weighted by Gasteiger charge is -2.39. The van der Waals surface area contributed by atoms with E-state index in [0.29, 0.717) is 5.91 Å². The summed E-state index contributed by atoms with van der Waals surface area (Å²) in [5.41, 5.74) is 3.51. The Bertz CT molecular complexity index is 1310. The van der Waals surface area contributed by atoms with Crippen molar-refractivity contribution in [2.75, 3.05) is 38.6 Å². The Hall–Kier alpha value is -3.54. The first-order valence-electron chi connectivity index (χ1n) is 13.5. The summed E-state index contributed by atoms with van der Waals surface area (Å²) in [5, 5.41) is 5.31. The van der Waals surface area contributed by atoms with Crippen molar-refractivity contribution in [2.24, 2.45) is 11.3 Å². The van der Waals surface area contributed by atoms with Crippen molar-refractivity contribution in [1.29, 1.82) is 0 Å². The van der Waals surface area contributed by atoms with E-state index in [9.17, 15) is 9.59 Å². The molecule has 1 aliphatic carbocycles. The molecule has 2 aliphatic heterocycles. The summed E-state index contributed by atoms with van der Waals surface area (Å²) < 4.78 is 5.58. The van der Waals surface area contributed by atoms with Crippen LogP contribution < -0.4 is 10.1 Å². The Morgan fingerprint density at radius 3 is 2.46 bits per heavy atom. The Kier molecular flexibility index (Phi) is 6.27. The zero-order valence-corrected chi connectivity index (χ0v) is 21.5. The van der Waals surface area contributed by atoms with Crippen LogP contribution in [0.3, 0.4) is 0 Å². The van der Waals surface area contributed by atoms with E-state index in [1.54, 1.807) is 7.11 Å². The van der Waals surface area contributed by atoms with Gasteiger partial charge in [0.15, 0.2) is 0 Å². The van der Waals surface area contributed by atoms with Gasteiger partial charge < -0.3 is 19.9 Å². The maximum atomic E-state index is 13.5. The molecule has 2 fully saturated rings. The topological polar surface area (TPSA) is 61.9 Å². The highest BCUT2D eigenvalue weighted by molar-refractivity contribution is 6.01. The van der Waals surface area contributed by atoms with Crippen LogP contribution >= 0.6 is 0 Å². The average molecular weight is 498 g/mol. The quantitative estimate of drug-likeness (QED) is 0.520. The zero-order chi connectivity index (χ0) is 25.4.